The third kappa shape index (κ3) is 4.70. The number of hydrogen-bond acceptors (Lipinski definition) is 5. The van der Waals surface area contributed by atoms with Gasteiger partial charge in [-0.2, -0.15) is 0 Å². The van der Waals surface area contributed by atoms with Crippen LogP contribution in [0.15, 0.2) is 82.7 Å². The first kappa shape index (κ1) is 22.9. The van der Waals surface area contributed by atoms with E-state index in [0.29, 0.717) is 22.9 Å². The van der Waals surface area contributed by atoms with E-state index in [0.717, 1.165) is 34.3 Å². The van der Waals surface area contributed by atoms with Gasteiger partial charge < -0.3 is 5.32 Å². The zero-order valence-electron chi connectivity index (χ0n) is 19.6. The fraction of sp³-hybridized carbons (Fsp3) is 0.185. The van der Waals surface area contributed by atoms with Gasteiger partial charge >= 0.3 is 0 Å². The Morgan fingerprint density at radius 1 is 0.971 bits per heavy atom. The maximum atomic E-state index is 13.4. The van der Waals surface area contributed by atoms with E-state index in [-0.39, 0.29) is 17.2 Å². The number of nitrogens with zero attached hydrogens (tertiary/aromatic N) is 4. The molecule has 35 heavy (non-hydrogen) atoms. The van der Waals surface area contributed by atoms with E-state index in [9.17, 15) is 9.59 Å². The van der Waals surface area contributed by atoms with Crippen molar-refractivity contribution in [1.29, 1.82) is 0 Å². The smallest absolute Gasteiger partial charge is 0.263 e. The highest BCUT2D eigenvalue weighted by Crippen LogP contribution is 2.22. The molecule has 0 unspecified atom stereocenters. The average Bonchev–Trinajstić information content (AvgIpc) is 3.30. The van der Waals surface area contributed by atoms with Gasteiger partial charge in [-0.25, -0.2) is 0 Å². The highest BCUT2D eigenvalue weighted by Gasteiger charge is 2.18. The van der Waals surface area contributed by atoms with Gasteiger partial charge in [0.2, 0.25) is 11.7 Å². The molecule has 0 aliphatic carbocycles. The van der Waals surface area contributed by atoms with Crippen LogP contribution in [0.25, 0.3) is 16.7 Å². The van der Waals surface area contributed by atoms with Gasteiger partial charge in [0.1, 0.15) is 0 Å². The number of benzene rings is 3. The van der Waals surface area contributed by atoms with Gasteiger partial charge in [-0.05, 0) is 48.7 Å². The third-order valence-corrected chi connectivity index (χ3v) is 6.82. The van der Waals surface area contributed by atoms with Crippen molar-refractivity contribution in [2.45, 2.75) is 32.0 Å². The number of fused-ring (bicyclic) bond motifs is 3. The van der Waals surface area contributed by atoms with E-state index in [1.807, 2.05) is 84.1 Å². The van der Waals surface area contributed by atoms with E-state index in [2.05, 4.69) is 22.4 Å². The van der Waals surface area contributed by atoms with Crippen molar-refractivity contribution in [2.75, 3.05) is 11.1 Å². The number of rotatable bonds is 7. The molecule has 1 amide bonds. The van der Waals surface area contributed by atoms with E-state index in [1.165, 1.54) is 11.8 Å². The highest BCUT2D eigenvalue weighted by atomic mass is 32.2. The van der Waals surface area contributed by atoms with Crippen LogP contribution in [0.3, 0.4) is 0 Å². The highest BCUT2D eigenvalue weighted by molar-refractivity contribution is 7.99. The summed E-state index contributed by atoms with van der Waals surface area (Å²) in [4.78, 5) is 26.0. The summed E-state index contributed by atoms with van der Waals surface area (Å²) >= 11 is 1.29. The summed E-state index contributed by atoms with van der Waals surface area (Å²) in [6.45, 7) is 4.49. The van der Waals surface area contributed by atoms with Gasteiger partial charge in [0.15, 0.2) is 5.16 Å². The normalized spacial score (nSPS) is 11.3. The second kappa shape index (κ2) is 9.76. The van der Waals surface area contributed by atoms with E-state index < -0.39 is 0 Å². The minimum atomic E-state index is -0.128. The summed E-state index contributed by atoms with van der Waals surface area (Å²) in [5.74, 6) is 0.493. The van der Waals surface area contributed by atoms with Gasteiger partial charge in [-0.15, -0.1) is 10.2 Å². The first-order valence-corrected chi connectivity index (χ1v) is 12.5. The molecule has 0 atom stereocenters. The molecule has 5 aromatic rings. The standard InChI is InChI=1S/C27H25N5O2S/c1-3-19-7-6-8-21(15-19)28-24(33)17-35-27-30-29-26-31(16-20-13-11-18(2)12-14-20)25(34)22-9-4-5-10-23(22)32(26)27/h4-15H,3,16-17H2,1-2H3,(H,28,33). The van der Waals surface area contributed by atoms with Crippen LogP contribution in [0.1, 0.15) is 23.6 Å². The first-order chi connectivity index (χ1) is 17.0. The van der Waals surface area contributed by atoms with Crippen molar-refractivity contribution in [3.05, 3.63) is 99.8 Å². The van der Waals surface area contributed by atoms with Crippen molar-refractivity contribution in [3.63, 3.8) is 0 Å². The second-order valence-corrected chi connectivity index (χ2v) is 9.35. The minimum Gasteiger partial charge on any atom is -0.325 e. The summed E-state index contributed by atoms with van der Waals surface area (Å²) in [7, 11) is 0. The molecule has 3 aromatic carbocycles. The SMILES string of the molecule is CCc1cccc(NC(=O)CSc2nnc3n(Cc4ccc(C)cc4)c(=O)c4ccccc4n23)c1. The maximum Gasteiger partial charge on any atom is 0.263 e. The van der Waals surface area contributed by atoms with Crippen LogP contribution in [-0.2, 0) is 17.8 Å². The zero-order valence-corrected chi connectivity index (χ0v) is 20.4. The molecule has 8 heteroatoms. The van der Waals surface area contributed by atoms with Crippen LogP contribution < -0.4 is 10.9 Å². The molecule has 0 aliphatic heterocycles. The minimum absolute atomic E-state index is 0.119. The Hall–Kier alpha value is -3.91. The molecule has 0 saturated heterocycles. The molecule has 0 fully saturated rings. The predicted molar refractivity (Wildman–Crippen MR) is 140 cm³/mol. The van der Waals surface area contributed by atoms with Crippen molar-refractivity contribution >= 4 is 40.0 Å². The molecule has 0 aliphatic rings. The molecule has 5 rings (SSSR count). The lowest BCUT2D eigenvalue weighted by Crippen LogP contribution is -2.24. The molecule has 0 saturated carbocycles. The van der Waals surface area contributed by atoms with E-state index in [4.69, 9.17) is 0 Å². The van der Waals surface area contributed by atoms with Crippen LogP contribution in [0.5, 0.6) is 0 Å². The number of hydrogen-bond donors (Lipinski definition) is 1. The number of carbonyl (C=O) groups is 1. The molecular weight excluding hydrogens is 458 g/mol. The first-order valence-electron chi connectivity index (χ1n) is 11.5. The van der Waals surface area contributed by atoms with Crippen molar-refractivity contribution < 1.29 is 4.79 Å². The van der Waals surface area contributed by atoms with Gasteiger partial charge in [-0.3, -0.25) is 18.6 Å². The van der Waals surface area contributed by atoms with Gasteiger partial charge in [0, 0.05) is 5.69 Å². The van der Waals surface area contributed by atoms with Crippen molar-refractivity contribution in [3.8, 4) is 0 Å². The largest absolute Gasteiger partial charge is 0.325 e. The molecule has 0 spiro atoms. The molecular formula is C27H25N5O2S. The number of thioether (sulfide) groups is 1. The number of carbonyl (C=O) groups excluding carboxylic acids is 1. The lowest BCUT2D eigenvalue weighted by Gasteiger charge is -2.12. The summed E-state index contributed by atoms with van der Waals surface area (Å²) in [5.41, 5.74) is 4.70. The van der Waals surface area contributed by atoms with Crippen molar-refractivity contribution in [2.24, 2.45) is 0 Å². The Labute approximate surface area is 206 Å². The Morgan fingerprint density at radius 3 is 2.57 bits per heavy atom. The van der Waals surface area contributed by atoms with E-state index in [1.54, 1.807) is 4.57 Å². The number of anilines is 1. The fourth-order valence-corrected chi connectivity index (χ4v) is 4.78. The topological polar surface area (TPSA) is 81.3 Å². The summed E-state index contributed by atoms with van der Waals surface area (Å²) in [5, 5.41) is 12.8. The molecule has 2 heterocycles. The van der Waals surface area contributed by atoms with Gasteiger partial charge in [0.25, 0.3) is 5.56 Å². The molecule has 0 bridgehead atoms. The van der Waals surface area contributed by atoms with Crippen LogP contribution >= 0.6 is 11.8 Å². The van der Waals surface area contributed by atoms with Gasteiger partial charge in [0.05, 0.1) is 23.2 Å². The van der Waals surface area contributed by atoms with Crippen molar-refractivity contribution in [1.82, 2.24) is 19.2 Å². The zero-order chi connectivity index (χ0) is 24.4. The van der Waals surface area contributed by atoms with Crippen LogP contribution in [0.2, 0.25) is 0 Å². The average molecular weight is 484 g/mol. The number of amides is 1. The van der Waals surface area contributed by atoms with Crippen LogP contribution in [-0.4, -0.2) is 30.8 Å². The van der Waals surface area contributed by atoms with Crippen LogP contribution in [0.4, 0.5) is 5.69 Å². The monoisotopic (exact) mass is 483 g/mol. The van der Waals surface area contributed by atoms with E-state index >= 15 is 0 Å². The molecule has 0 radical (unpaired) electrons. The quantitative estimate of drug-likeness (QED) is 0.340. The molecule has 1 N–H and O–H groups in total. The lowest BCUT2D eigenvalue weighted by atomic mass is 10.1. The Morgan fingerprint density at radius 2 is 1.77 bits per heavy atom. The maximum absolute atomic E-state index is 13.4. The molecule has 7 nitrogen and oxygen atoms in total. The number of aromatic nitrogens is 4. The number of aryl methyl sites for hydroxylation is 2. The summed E-state index contributed by atoms with van der Waals surface area (Å²) in [6, 6.07) is 23.3. The number of para-hydroxylation sites is 1. The Balaban J connectivity index is 1.47. The summed E-state index contributed by atoms with van der Waals surface area (Å²) < 4.78 is 3.50. The Kier molecular flexibility index (Phi) is 6.37. The summed E-state index contributed by atoms with van der Waals surface area (Å²) in [6.07, 6.45) is 0.904. The molecule has 176 valence electrons. The van der Waals surface area contributed by atoms with Gasteiger partial charge in [-0.1, -0.05) is 72.8 Å². The lowest BCUT2D eigenvalue weighted by molar-refractivity contribution is -0.113. The number of nitrogens with one attached hydrogen (secondary N) is 1. The Bertz CT molecular complexity index is 1590. The second-order valence-electron chi connectivity index (χ2n) is 8.40. The third-order valence-electron chi connectivity index (χ3n) is 5.89. The predicted octanol–water partition coefficient (Wildman–Crippen LogP) is 4.69. The molecule has 2 aromatic heterocycles. The van der Waals surface area contributed by atoms with Crippen LogP contribution in [0, 0.1) is 6.92 Å². The fourth-order valence-electron chi connectivity index (χ4n) is 4.04.